The fourth-order valence-electron chi connectivity index (χ4n) is 1.87. The summed E-state index contributed by atoms with van der Waals surface area (Å²) in [6, 6.07) is 8.56. The number of likely N-dealkylation sites (N-methyl/N-ethyl adjacent to an activating group) is 1. The minimum Gasteiger partial charge on any atom is -0.326 e. The lowest BCUT2D eigenvalue weighted by atomic mass is 10.2. The first kappa shape index (κ1) is 19.1. The number of nitrogens with one attached hydrogen (secondary N) is 1. The fourth-order valence-corrected chi connectivity index (χ4v) is 2.71. The van der Waals surface area contributed by atoms with Crippen molar-refractivity contribution < 1.29 is 13.2 Å². The van der Waals surface area contributed by atoms with Gasteiger partial charge in [-0.25, -0.2) is 12.7 Å². The Morgan fingerprint density at radius 2 is 1.96 bits per heavy atom. The minimum absolute atomic E-state index is 0.0529. The molecule has 23 heavy (non-hydrogen) atoms. The average Bonchev–Trinajstić information content (AvgIpc) is 2.45. The number of carbonyl (C=O) groups excluding carboxylic acids is 1. The second kappa shape index (κ2) is 8.62. The molecule has 8 heteroatoms. The normalized spacial score (nSPS) is 11.5. The summed E-state index contributed by atoms with van der Waals surface area (Å²) in [5.41, 5.74) is 0.972. The molecule has 0 bridgehead atoms. The maximum absolute atomic E-state index is 12.0. The van der Waals surface area contributed by atoms with Gasteiger partial charge in [0.15, 0.2) is 0 Å². The average molecular weight is 338 g/mol. The number of nitrogens with zero attached hydrogens (tertiary/aromatic N) is 3. The zero-order valence-electron chi connectivity index (χ0n) is 13.6. The van der Waals surface area contributed by atoms with E-state index in [0.29, 0.717) is 24.3 Å². The van der Waals surface area contributed by atoms with Crippen molar-refractivity contribution in [3.8, 4) is 6.07 Å². The zero-order chi connectivity index (χ0) is 17.5. The summed E-state index contributed by atoms with van der Waals surface area (Å²) in [5.74, 6) is -0.293. The maximum atomic E-state index is 12.0. The number of amides is 1. The minimum atomic E-state index is -3.36. The van der Waals surface area contributed by atoms with E-state index in [1.807, 2.05) is 25.1 Å². The van der Waals surface area contributed by atoms with E-state index in [-0.39, 0.29) is 18.9 Å². The van der Waals surface area contributed by atoms with Crippen LogP contribution in [0.25, 0.3) is 0 Å². The SMILES string of the molecule is CN(C)CCN(CCC(=O)Nc1cccc(C#N)c1)S(C)(=O)=O. The van der Waals surface area contributed by atoms with Crippen LogP contribution in [-0.2, 0) is 14.8 Å². The van der Waals surface area contributed by atoms with Gasteiger partial charge >= 0.3 is 0 Å². The Hall–Kier alpha value is -1.95. The molecular weight excluding hydrogens is 316 g/mol. The van der Waals surface area contributed by atoms with Crippen LogP contribution in [0.4, 0.5) is 5.69 Å². The van der Waals surface area contributed by atoms with Crippen molar-refractivity contribution in [2.75, 3.05) is 45.3 Å². The number of sulfonamides is 1. The highest BCUT2D eigenvalue weighted by molar-refractivity contribution is 7.88. The molecule has 0 heterocycles. The summed E-state index contributed by atoms with van der Waals surface area (Å²) in [6.45, 7) is 1.04. The lowest BCUT2D eigenvalue weighted by molar-refractivity contribution is -0.116. The molecule has 0 aliphatic heterocycles. The van der Waals surface area contributed by atoms with Crippen LogP contribution < -0.4 is 5.32 Å². The highest BCUT2D eigenvalue weighted by atomic mass is 32.2. The van der Waals surface area contributed by atoms with Gasteiger partial charge in [-0.1, -0.05) is 6.07 Å². The molecule has 0 aliphatic carbocycles. The third-order valence-corrected chi connectivity index (χ3v) is 4.43. The van der Waals surface area contributed by atoms with Crippen LogP contribution in [-0.4, -0.2) is 63.5 Å². The number of hydrogen-bond donors (Lipinski definition) is 1. The molecule has 1 aromatic rings. The summed E-state index contributed by atoms with van der Waals surface area (Å²) < 4.78 is 24.8. The molecule has 0 fully saturated rings. The third-order valence-electron chi connectivity index (χ3n) is 3.13. The molecular formula is C15H22N4O3S. The van der Waals surface area contributed by atoms with E-state index in [1.165, 1.54) is 4.31 Å². The Morgan fingerprint density at radius 1 is 1.26 bits per heavy atom. The molecule has 126 valence electrons. The topological polar surface area (TPSA) is 93.5 Å². The Balaban J connectivity index is 2.59. The number of rotatable bonds is 8. The molecule has 0 unspecified atom stereocenters. The van der Waals surface area contributed by atoms with Crippen molar-refractivity contribution in [1.82, 2.24) is 9.21 Å². The summed E-state index contributed by atoms with van der Waals surface area (Å²) >= 11 is 0. The second-order valence-corrected chi connectivity index (χ2v) is 7.44. The number of hydrogen-bond acceptors (Lipinski definition) is 5. The number of carbonyl (C=O) groups is 1. The van der Waals surface area contributed by atoms with Crippen molar-refractivity contribution in [2.45, 2.75) is 6.42 Å². The van der Waals surface area contributed by atoms with Crippen LogP contribution in [0.5, 0.6) is 0 Å². The molecule has 0 spiro atoms. The van der Waals surface area contributed by atoms with Gasteiger partial charge in [-0.3, -0.25) is 4.79 Å². The molecule has 1 aromatic carbocycles. The van der Waals surface area contributed by atoms with E-state index in [4.69, 9.17) is 5.26 Å². The van der Waals surface area contributed by atoms with Crippen LogP contribution in [0.1, 0.15) is 12.0 Å². The molecule has 1 amide bonds. The number of anilines is 1. The van der Waals surface area contributed by atoms with Crippen molar-refractivity contribution in [3.05, 3.63) is 29.8 Å². The van der Waals surface area contributed by atoms with E-state index in [1.54, 1.807) is 24.3 Å². The van der Waals surface area contributed by atoms with Crippen LogP contribution in [0.15, 0.2) is 24.3 Å². The first-order valence-electron chi connectivity index (χ1n) is 7.12. The van der Waals surface area contributed by atoms with Crippen molar-refractivity contribution in [2.24, 2.45) is 0 Å². The molecule has 1 N–H and O–H groups in total. The van der Waals surface area contributed by atoms with Gasteiger partial charge in [-0.05, 0) is 32.3 Å². The predicted molar refractivity (Wildman–Crippen MR) is 89.4 cm³/mol. The fraction of sp³-hybridized carbons (Fsp3) is 0.467. The van der Waals surface area contributed by atoms with E-state index in [0.717, 1.165) is 6.26 Å². The highest BCUT2D eigenvalue weighted by Crippen LogP contribution is 2.10. The van der Waals surface area contributed by atoms with Crippen molar-refractivity contribution in [1.29, 1.82) is 5.26 Å². The summed E-state index contributed by atoms with van der Waals surface area (Å²) in [7, 11) is 0.357. The standard InChI is InChI=1S/C15H22N4O3S/c1-18(2)9-10-19(23(3,21)22)8-7-15(20)17-14-6-4-5-13(11-14)12-16/h4-6,11H,7-10H2,1-3H3,(H,17,20). The number of nitriles is 1. The smallest absolute Gasteiger partial charge is 0.225 e. The van der Waals surface area contributed by atoms with Crippen LogP contribution in [0, 0.1) is 11.3 Å². The van der Waals surface area contributed by atoms with Gasteiger partial charge in [0.1, 0.15) is 0 Å². The summed E-state index contributed by atoms with van der Waals surface area (Å²) in [5, 5.41) is 11.5. The molecule has 0 radical (unpaired) electrons. The highest BCUT2D eigenvalue weighted by Gasteiger charge is 2.17. The Kier molecular flexibility index (Phi) is 7.16. The van der Waals surface area contributed by atoms with Crippen LogP contribution in [0.2, 0.25) is 0 Å². The van der Waals surface area contributed by atoms with Crippen LogP contribution in [0.3, 0.4) is 0 Å². The van der Waals surface area contributed by atoms with Gasteiger partial charge in [0.25, 0.3) is 0 Å². The molecule has 0 atom stereocenters. The zero-order valence-corrected chi connectivity index (χ0v) is 14.4. The maximum Gasteiger partial charge on any atom is 0.225 e. The Labute approximate surface area is 137 Å². The molecule has 0 aromatic heterocycles. The van der Waals surface area contributed by atoms with Crippen molar-refractivity contribution in [3.63, 3.8) is 0 Å². The molecule has 0 saturated carbocycles. The second-order valence-electron chi connectivity index (χ2n) is 5.46. The molecule has 0 saturated heterocycles. The Morgan fingerprint density at radius 3 is 2.52 bits per heavy atom. The van der Waals surface area contributed by atoms with Gasteiger partial charge in [-0.15, -0.1) is 0 Å². The van der Waals surface area contributed by atoms with Crippen LogP contribution >= 0.6 is 0 Å². The summed E-state index contributed by atoms with van der Waals surface area (Å²) in [4.78, 5) is 13.8. The Bertz CT molecular complexity index is 680. The van der Waals surface area contributed by atoms with Gasteiger partial charge in [0.2, 0.25) is 15.9 Å². The largest absolute Gasteiger partial charge is 0.326 e. The summed E-state index contributed by atoms with van der Waals surface area (Å²) in [6.07, 6.45) is 1.19. The van der Waals surface area contributed by atoms with Crippen molar-refractivity contribution >= 4 is 21.6 Å². The van der Waals surface area contributed by atoms with E-state index in [2.05, 4.69) is 5.32 Å². The van der Waals surface area contributed by atoms with Gasteiger partial charge in [-0.2, -0.15) is 5.26 Å². The first-order valence-corrected chi connectivity index (χ1v) is 8.97. The third kappa shape index (κ3) is 7.23. The molecule has 7 nitrogen and oxygen atoms in total. The first-order chi connectivity index (χ1) is 10.7. The predicted octanol–water partition coefficient (Wildman–Crippen LogP) is 0.710. The van der Waals surface area contributed by atoms with E-state index >= 15 is 0 Å². The van der Waals surface area contributed by atoms with E-state index < -0.39 is 10.0 Å². The molecule has 1 rings (SSSR count). The quantitative estimate of drug-likeness (QED) is 0.753. The van der Waals surface area contributed by atoms with Gasteiger partial charge in [0, 0.05) is 31.7 Å². The lowest BCUT2D eigenvalue weighted by Gasteiger charge is -2.21. The lowest BCUT2D eigenvalue weighted by Crippen LogP contribution is -2.37. The monoisotopic (exact) mass is 338 g/mol. The number of benzene rings is 1. The van der Waals surface area contributed by atoms with Gasteiger partial charge < -0.3 is 10.2 Å². The van der Waals surface area contributed by atoms with Gasteiger partial charge in [0.05, 0.1) is 17.9 Å². The van der Waals surface area contributed by atoms with E-state index in [9.17, 15) is 13.2 Å². The molecule has 0 aliphatic rings.